The van der Waals surface area contributed by atoms with Gasteiger partial charge < -0.3 is 24.3 Å². The summed E-state index contributed by atoms with van der Waals surface area (Å²) in [6.45, 7) is 14.7. The first kappa shape index (κ1) is 38.4. The zero-order valence-electron chi connectivity index (χ0n) is 23.8. The first-order valence-electron chi connectivity index (χ1n) is 12.7. The van der Waals surface area contributed by atoms with Crippen LogP contribution < -0.4 is 5.32 Å². The molecular weight excluding hydrogens is 560 g/mol. The number of hydrogen-bond donors (Lipinski definition) is 1. The van der Waals surface area contributed by atoms with Crippen LogP contribution in [0.4, 0.5) is 0 Å². The maximum absolute atomic E-state index is 11.6. The summed E-state index contributed by atoms with van der Waals surface area (Å²) in [6, 6.07) is 0. The van der Waals surface area contributed by atoms with E-state index in [0.717, 1.165) is 51.9 Å². The highest BCUT2D eigenvalue weighted by Gasteiger charge is 2.27. The molecule has 0 saturated carbocycles. The third-order valence-electron chi connectivity index (χ3n) is 5.30. The fourth-order valence-corrected chi connectivity index (χ4v) is 3.76. The number of carbonyl (C=O) groups excluding carboxylic acids is 4. The lowest BCUT2D eigenvalue weighted by Crippen LogP contribution is -2.41. The molecule has 0 atom stereocenters. The molecule has 0 aromatic heterocycles. The molecule has 224 valence electrons. The number of nitrogens with one attached hydrogen (secondary N) is 1. The Morgan fingerprint density at radius 2 is 1.16 bits per heavy atom. The molecule has 0 bridgehead atoms. The Hall–Kier alpha value is -1.72. The van der Waals surface area contributed by atoms with Gasteiger partial charge in [0.2, 0.25) is 0 Å². The van der Waals surface area contributed by atoms with Crippen molar-refractivity contribution in [1.82, 2.24) is 10.2 Å². The van der Waals surface area contributed by atoms with E-state index in [1.54, 1.807) is 0 Å². The molecule has 38 heavy (non-hydrogen) atoms. The summed E-state index contributed by atoms with van der Waals surface area (Å²) in [4.78, 5) is 46.5. The van der Waals surface area contributed by atoms with Gasteiger partial charge in [0.05, 0.1) is 32.6 Å². The number of hydrogen-bond acceptors (Lipinski definition) is 10. The van der Waals surface area contributed by atoms with Crippen LogP contribution in [-0.2, 0) is 38.1 Å². The Bertz CT molecular complexity index is 705. The van der Waals surface area contributed by atoms with Gasteiger partial charge in [0.15, 0.2) is 0 Å². The summed E-state index contributed by atoms with van der Waals surface area (Å²) in [6.07, 6.45) is 3.34. The minimum atomic E-state index is -0.443. The summed E-state index contributed by atoms with van der Waals surface area (Å²) < 4.78 is 19.5. The van der Waals surface area contributed by atoms with Gasteiger partial charge in [-0.05, 0) is 93.4 Å². The second-order valence-electron chi connectivity index (χ2n) is 10.9. The number of alkyl halides is 1. The van der Waals surface area contributed by atoms with E-state index in [0.29, 0.717) is 6.54 Å². The lowest BCUT2D eigenvalue weighted by Gasteiger charge is -2.30. The quantitative estimate of drug-likeness (QED) is 0.280. The average Bonchev–Trinajstić information content (AvgIpc) is 2.82. The Balaban J connectivity index is 0. The number of likely N-dealkylation sites (tertiary alicyclic amines) is 1. The van der Waals surface area contributed by atoms with Crippen molar-refractivity contribution in [1.29, 1.82) is 0 Å². The van der Waals surface area contributed by atoms with Crippen molar-refractivity contribution in [2.75, 3.05) is 52.3 Å². The Labute approximate surface area is 238 Å². The highest BCUT2D eigenvalue weighted by Crippen LogP contribution is 2.18. The standard InChI is InChI=1S/C13H23NO4.C7H13NO2.C6H11BrO2.CH4/c1-13(2,3)18-11(15)9-14-7-5-10(6-8-14)12(16)17-4;1-10-7(9)6-2-4-8-5-3-6;1-6(2,3)9-5(8)4-7;/h10H,5-9H2,1-4H3;6,8H,2-5H2,1H3;4H2,1-3H3;1H4. The van der Waals surface area contributed by atoms with E-state index in [1.165, 1.54) is 14.2 Å². The molecule has 2 rings (SSSR count). The first-order chi connectivity index (χ1) is 17.1. The number of halogens is 1. The predicted molar refractivity (Wildman–Crippen MR) is 151 cm³/mol. The number of carbonyl (C=O) groups is 4. The zero-order valence-corrected chi connectivity index (χ0v) is 25.4. The summed E-state index contributed by atoms with van der Waals surface area (Å²) in [5, 5.41) is 3.45. The van der Waals surface area contributed by atoms with E-state index in [2.05, 4.69) is 26.0 Å². The van der Waals surface area contributed by atoms with Crippen LogP contribution in [0.3, 0.4) is 0 Å². The SMILES string of the molecule is C.CC(C)(C)OC(=O)CBr.COC(=O)C1CCN(CC(=O)OC(C)(C)C)CC1.COC(=O)C1CCNCC1. The Kier molecular flexibility index (Phi) is 19.6. The lowest BCUT2D eigenvalue weighted by molar-refractivity contribution is -0.157. The van der Waals surface area contributed by atoms with E-state index >= 15 is 0 Å². The Morgan fingerprint density at radius 3 is 1.50 bits per heavy atom. The molecule has 0 amide bonds. The number of piperidine rings is 2. The van der Waals surface area contributed by atoms with Crippen molar-refractivity contribution in [3.05, 3.63) is 0 Å². The van der Waals surface area contributed by atoms with Gasteiger partial charge in [-0.25, -0.2) is 0 Å². The lowest BCUT2D eigenvalue weighted by atomic mass is 9.97. The van der Waals surface area contributed by atoms with Crippen molar-refractivity contribution < 1.29 is 38.1 Å². The van der Waals surface area contributed by atoms with Crippen molar-refractivity contribution >= 4 is 39.8 Å². The second kappa shape index (κ2) is 19.4. The molecule has 0 spiro atoms. The minimum Gasteiger partial charge on any atom is -0.469 e. The van der Waals surface area contributed by atoms with Gasteiger partial charge in [-0.3, -0.25) is 24.1 Å². The molecule has 1 N–H and O–H groups in total. The second-order valence-corrected chi connectivity index (χ2v) is 11.5. The van der Waals surface area contributed by atoms with Crippen molar-refractivity contribution in [2.45, 2.75) is 85.9 Å². The third-order valence-corrected chi connectivity index (χ3v) is 5.76. The van der Waals surface area contributed by atoms with Gasteiger partial charge in [0.1, 0.15) is 16.5 Å². The number of methoxy groups -OCH3 is 2. The van der Waals surface area contributed by atoms with Gasteiger partial charge in [-0.1, -0.05) is 23.4 Å². The number of esters is 4. The fraction of sp³-hybridized carbons (Fsp3) is 0.852. The fourth-order valence-electron chi connectivity index (χ4n) is 3.64. The van der Waals surface area contributed by atoms with Crippen molar-refractivity contribution in [2.24, 2.45) is 11.8 Å². The van der Waals surface area contributed by atoms with Crippen LogP contribution in [-0.4, -0.2) is 92.3 Å². The number of nitrogens with zero attached hydrogens (tertiary/aromatic N) is 1. The molecule has 2 aliphatic heterocycles. The molecule has 10 nitrogen and oxygen atoms in total. The molecule has 11 heteroatoms. The molecule has 0 radical (unpaired) electrons. The molecule has 0 aromatic carbocycles. The van der Waals surface area contributed by atoms with Crippen LogP contribution in [0.25, 0.3) is 0 Å². The summed E-state index contributed by atoms with van der Waals surface area (Å²) >= 11 is 2.99. The number of rotatable bonds is 5. The van der Waals surface area contributed by atoms with Gasteiger partial charge in [-0.15, -0.1) is 0 Å². The van der Waals surface area contributed by atoms with Gasteiger partial charge in [0.25, 0.3) is 0 Å². The molecule has 0 aliphatic carbocycles. The van der Waals surface area contributed by atoms with Gasteiger partial charge in [-0.2, -0.15) is 0 Å². The average molecular weight is 612 g/mol. The molecule has 0 aromatic rings. The molecular formula is C27H51BrN2O8. The van der Waals surface area contributed by atoms with Crippen LogP contribution >= 0.6 is 15.9 Å². The smallest absolute Gasteiger partial charge is 0.320 e. The predicted octanol–water partition coefficient (Wildman–Crippen LogP) is 3.73. The summed E-state index contributed by atoms with van der Waals surface area (Å²) in [5.74, 6) is -0.508. The molecule has 2 aliphatic rings. The van der Waals surface area contributed by atoms with Crippen LogP contribution in [0, 0.1) is 11.8 Å². The van der Waals surface area contributed by atoms with E-state index in [1.807, 2.05) is 46.4 Å². The van der Waals surface area contributed by atoms with Crippen LogP contribution in [0.15, 0.2) is 0 Å². The first-order valence-corrected chi connectivity index (χ1v) is 13.8. The molecule has 0 unspecified atom stereocenters. The number of ether oxygens (including phenoxy) is 4. The molecule has 2 fully saturated rings. The van der Waals surface area contributed by atoms with Crippen molar-refractivity contribution in [3.63, 3.8) is 0 Å². The zero-order chi connectivity index (χ0) is 28.6. The highest BCUT2D eigenvalue weighted by molar-refractivity contribution is 9.09. The maximum atomic E-state index is 11.6. The molecule has 2 saturated heterocycles. The minimum absolute atomic E-state index is 0. The topological polar surface area (TPSA) is 120 Å². The van der Waals surface area contributed by atoms with E-state index < -0.39 is 5.60 Å². The van der Waals surface area contributed by atoms with Crippen LogP contribution in [0.2, 0.25) is 0 Å². The Morgan fingerprint density at radius 1 is 0.763 bits per heavy atom. The van der Waals surface area contributed by atoms with E-state index in [9.17, 15) is 19.2 Å². The highest BCUT2D eigenvalue weighted by atomic mass is 79.9. The van der Waals surface area contributed by atoms with Crippen LogP contribution in [0.1, 0.15) is 74.7 Å². The molecule has 2 heterocycles. The van der Waals surface area contributed by atoms with E-state index in [-0.39, 0.29) is 54.1 Å². The largest absolute Gasteiger partial charge is 0.469 e. The summed E-state index contributed by atoms with van der Waals surface area (Å²) in [7, 11) is 2.86. The third kappa shape index (κ3) is 19.4. The maximum Gasteiger partial charge on any atom is 0.320 e. The van der Waals surface area contributed by atoms with Crippen molar-refractivity contribution in [3.8, 4) is 0 Å². The van der Waals surface area contributed by atoms with Gasteiger partial charge in [0, 0.05) is 0 Å². The van der Waals surface area contributed by atoms with E-state index in [4.69, 9.17) is 14.2 Å². The van der Waals surface area contributed by atoms with Crippen LogP contribution in [0.5, 0.6) is 0 Å². The summed E-state index contributed by atoms with van der Waals surface area (Å²) in [5.41, 5.74) is -0.799. The normalized spacial score (nSPS) is 16.8. The monoisotopic (exact) mass is 610 g/mol. The van der Waals surface area contributed by atoms with Gasteiger partial charge >= 0.3 is 23.9 Å².